The van der Waals surface area contributed by atoms with Gasteiger partial charge in [-0.05, 0) is 0 Å². The van der Waals surface area contributed by atoms with Gasteiger partial charge in [0.1, 0.15) is 0 Å². The van der Waals surface area contributed by atoms with Gasteiger partial charge >= 0.3 is 40.8 Å². The SMILES string of the molecule is CC=C[CH]=[V]. The average molecular weight is 105 g/mol. The van der Waals surface area contributed by atoms with Crippen molar-refractivity contribution in [3.8, 4) is 0 Å². The van der Waals surface area contributed by atoms with Crippen LogP contribution >= 0.6 is 0 Å². The molecule has 0 aromatic rings. The van der Waals surface area contributed by atoms with Crippen LogP contribution in [0, 0.1) is 0 Å². The molecule has 0 aliphatic rings. The first-order chi connectivity index (χ1) is 2.41. The van der Waals surface area contributed by atoms with Crippen LogP contribution in [0.2, 0.25) is 0 Å². The topological polar surface area (TPSA) is 0 Å². The molecule has 0 saturated heterocycles. The second kappa shape index (κ2) is 4.19. The van der Waals surface area contributed by atoms with Gasteiger partial charge in [-0.15, -0.1) is 0 Å². The van der Waals surface area contributed by atoms with Gasteiger partial charge in [0.25, 0.3) is 0 Å². The molecule has 0 nitrogen and oxygen atoms in total. The van der Waals surface area contributed by atoms with Gasteiger partial charge < -0.3 is 0 Å². The summed E-state index contributed by atoms with van der Waals surface area (Å²) >= 11 is 2.37. The Morgan fingerprint density at radius 2 is 2.20 bits per heavy atom. The molecule has 0 heterocycles. The standard InChI is InChI=1S/C4H6.V/c1-3-4-2;/h1,3-4H,2H3;. The first kappa shape index (κ1) is 5.19. The van der Waals surface area contributed by atoms with Crippen molar-refractivity contribution in [1.82, 2.24) is 0 Å². The fourth-order valence-electron chi connectivity index (χ4n) is 0.0861. The quantitative estimate of drug-likeness (QED) is 0.465. The molecule has 0 atom stereocenters. The zero-order chi connectivity index (χ0) is 4.12. The molecule has 0 aliphatic carbocycles. The van der Waals surface area contributed by atoms with Crippen molar-refractivity contribution < 1.29 is 17.0 Å². The molecule has 1 heteroatoms. The molecule has 0 saturated carbocycles. The maximum atomic E-state index is 2.37. The van der Waals surface area contributed by atoms with E-state index in [1.807, 2.05) is 23.8 Å². The number of rotatable bonds is 1. The summed E-state index contributed by atoms with van der Waals surface area (Å²) in [5, 5.41) is 0. The molecule has 0 aromatic carbocycles. The molecule has 0 aromatic heterocycles. The molecule has 0 N–H and O–H groups in total. The van der Waals surface area contributed by atoms with Gasteiger partial charge in [-0.1, -0.05) is 0 Å². The van der Waals surface area contributed by atoms with Crippen LogP contribution in [0.3, 0.4) is 0 Å². The summed E-state index contributed by atoms with van der Waals surface area (Å²) in [5.74, 6) is 0. The van der Waals surface area contributed by atoms with Crippen LogP contribution in [0.25, 0.3) is 0 Å². The van der Waals surface area contributed by atoms with Crippen LogP contribution in [0.4, 0.5) is 0 Å². The van der Waals surface area contributed by atoms with Crippen molar-refractivity contribution >= 4 is 4.73 Å². The van der Waals surface area contributed by atoms with Crippen molar-refractivity contribution in [3.05, 3.63) is 12.2 Å². The first-order valence-electron chi connectivity index (χ1n) is 1.50. The monoisotopic (exact) mass is 105 g/mol. The minimum atomic E-state index is 1.94. The molecule has 0 amide bonds. The van der Waals surface area contributed by atoms with Gasteiger partial charge in [0, 0.05) is 0 Å². The van der Waals surface area contributed by atoms with E-state index >= 15 is 0 Å². The predicted molar refractivity (Wildman–Crippen MR) is 20.9 cm³/mol. The van der Waals surface area contributed by atoms with Crippen molar-refractivity contribution in [2.75, 3.05) is 0 Å². The summed E-state index contributed by atoms with van der Waals surface area (Å²) in [6.45, 7) is 1.99. The maximum absolute atomic E-state index is 2.37. The van der Waals surface area contributed by atoms with E-state index < -0.39 is 0 Å². The van der Waals surface area contributed by atoms with Gasteiger partial charge in [0.2, 0.25) is 0 Å². The summed E-state index contributed by atoms with van der Waals surface area (Å²) in [6, 6.07) is 0. The Balaban J connectivity index is 2.92. The van der Waals surface area contributed by atoms with Crippen LogP contribution in [-0.4, -0.2) is 4.73 Å². The fraction of sp³-hybridized carbons (Fsp3) is 0.250. The van der Waals surface area contributed by atoms with Crippen molar-refractivity contribution in [2.24, 2.45) is 0 Å². The van der Waals surface area contributed by atoms with Gasteiger partial charge in [0.15, 0.2) is 0 Å². The van der Waals surface area contributed by atoms with Gasteiger partial charge in [-0.2, -0.15) is 0 Å². The molecule has 0 radical (unpaired) electrons. The average Bonchev–Trinajstić information content (AvgIpc) is 1.41. The summed E-state index contributed by atoms with van der Waals surface area (Å²) in [4.78, 5) is 0. The molecule has 5 heavy (non-hydrogen) atoms. The third-order valence-corrected chi connectivity index (χ3v) is 0.547. The van der Waals surface area contributed by atoms with Crippen LogP contribution in [0.1, 0.15) is 6.92 Å². The van der Waals surface area contributed by atoms with E-state index in [2.05, 4.69) is 17.0 Å². The minimum absolute atomic E-state index is 1.94. The molecular weight excluding hydrogens is 99.0 g/mol. The molecule has 0 spiro atoms. The molecular formula is C4H6V. The van der Waals surface area contributed by atoms with Gasteiger partial charge in [-0.25, -0.2) is 0 Å². The third-order valence-electron chi connectivity index (χ3n) is 0.279. The summed E-state index contributed by atoms with van der Waals surface area (Å²) in [5.41, 5.74) is 0. The Labute approximate surface area is 41.4 Å². The first-order valence-corrected chi connectivity index (χ1v) is 2.31. The van der Waals surface area contributed by atoms with E-state index in [0.29, 0.717) is 0 Å². The number of hydrogen-bond donors (Lipinski definition) is 0. The van der Waals surface area contributed by atoms with Crippen molar-refractivity contribution in [3.63, 3.8) is 0 Å². The van der Waals surface area contributed by atoms with Crippen LogP contribution in [0.15, 0.2) is 12.2 Å². The van der Waals surface area contributed by atoms with Crippen molar-refractivity contribution in [1.29, 1.82) is 0 Å². The summed E-state index contributed by atoms with van der Waals surface area (Å²) in [7, 11) is 0. The zero-order valence-corrected chi connectivity index (χ0v) is 4.58. The number of allylic oxidation sites excluding steroid dienone is 2. The second-order valence-corrected chi connectivity index (χ2v) is 1.14. The second-order valence-electron chi connectivity index (χ2n) is 0.675. The van der Waals surface area contributed by atoms with E-state index in [9.17, 15) is 0 Å². The Kier molecular flexibility index (Phi) is 4.36. The van der Waals surface area contributed by atoms with E-state index in [1.165, 1.54) is 0 Å². The van der Waals surface area contributed by atoms with Gasteiger partial charge in [-0.3, -0.25) is 0 Å². The van der Waals surface area contributed by atoms with E-state index in [-0.39, 0.29) is 0 Å². The summed E-state index contributed by atoms with van der Waals surface area (Å²) in [6.07, 6.45) is 3.96. The van der Waals surface area contributed by atoms with E-state index in [1.54, 1.807) is 0 Å². The fourth-order valence-corrected chi connectivity index (χ4v) is 0.355. The Hall–Kier alpha value is 0.194. The molecule has 27 valence electrons. The van der Waals surface area contributed by atoms with Crippen LogP contribution < -0.4 is 0 Å². The van der Waals surface area contributed by atoms with Gasteiger partial charge in [0.05, 0.1) is 0 Å². The normalized spacial score (nSPS) is 8.80. The van der Waals surface area contributed by atoms with E-state index in [4.69, 9.17) is 0 Å². The molecule has 0 bridgehead atoms. The molecule has 0 fully saturated rings. The third kappa shape index (κ3) is 4.19. The molecule has 0 rings (SSSR count). The van der Waals surface area contributed by atoms with Crippen LogP contribution in [-0.2, 0) is 17.0 Å². The molecule has 0 unspecified atom stereocenters. The van der Waals surface area contributed by atoms with E-state index in [0.717, 1.165) is 0 Å². The Bertz CT molecular complexity index is 45.6. The Morgan fingerprint density at radius 1 is 1.60 bits per heavy atom. The van der Waals surface area contributed by atoms with Crippen molar-refractivity contribution in [2.45, 2.75) is 6.92 Å². The predicted octanol–water partition coefficient (Wildman–Crippen LogP) is 0.911. The molecule has 0 aliphatic heterocycles. The number of hydrogen-bond acceptors (Lipinski definition) is 0. The summed E-state index contributed by atoms with van der Waals surface area (Å²) < 4.78 is 1.94. The Morgan fingerprint density at radius 3 is 2.20 bits per heavy atom. The zero-order valence-electron chi connectivity index (χ0n) is 3.18. The van der Waals surface area contributed by atoms with Crippen LogP contribution in [0.5, 0.6) is 0 Å².